The Kier molecular flexibility index (Phi) is 4.77. The van der Waals surface area contributed by atoms with E-state index in [-0.39, 0.29) is 6.03 Å². The van der Waals surface area contributed by atoms with E-state index in [4.69, 9.17) is 4.74 Å². The Balaban J connectivity index is 2.26. The van der Waals surface area contributed by atoms with Crippen LogP contribution in [0.3, 0.4) is 0 Å². The Morgan fingerprint density at radius 2 is 2.05 bits per heavy atom. The molecule has 0 saturated heterocycles. The second kappa shape index (κ2) is 6.74. The number of nitrogens with one attached hydrogen (secondary N) is 2. The molecular weight excluding hydrogens is 268 g/mol. The molecule has 1 heterocycles. The Bertz CT molecular complexity index is 591. The number of hydrogen-bond acceptors (Lipinski definition) is 3. The quantitative estimate of drug-likeness (QED) is 0.834. The molecule has 1 aliphatic rings. The zero-order valence-electron chi connectivity index (χ0n) is 12.1. The Morgan fingerprint density at radius 1 is 1.33 bits per heavy atom. The highest BCUT2D eigenvalue weighted by Gasteiger charge is 2.28. The Hall–Kier alpha value is -2.56. The average Bonchev–Trinajstić information content (AvgIpc) is 2.45. The van der Waals surface area contributed by atoms with Crippen LogP contribution in [0, 0.1) is 0 Å². The lowest BCUT2D eigenvalue weighted by molar-refractivity contribution is -0.138. The fourth-order valence-electron chi connectivity index (χ4n) is 2.13. The first-order valence-corrected chi connectivity index (χ1v) is 6.80. The van der Waals surface area contributed by atoms with Crippen LogP contribution < -0.4 is 10.6 Å². The summed E-state index contributed by atoms with van der Waals surface area (Å²) in [6, 6.07) is 8.83. The summed E-state index contributed by atoms with van der Waals surface area (Å²) in [7, 11) is 0. The van der Waals surface area contributed by atoms with Gasteiger partial charge in [-0.2, -0.15) is 0 Å². The molecule has 0 saturated carbocycles. The molecule has 110 valence electrons. The van der Waals surface area contributed by atoms with Crippen molar-refractivity contribution in [1.82, 2.24) is 10.6 Å². The highest BCUT2D eigenvalue weighted by Crippen LogP contribution is 2.16. The largest absolute Gasteiger partial charge is 0.463 e. The molecule has 1 aliphatic heterocycles. The molecule has 5 nitrogen and oxygen atoms in total. The van der Waals surface area contributed by atoms with Crippen molar-refractivity contribution in [2.75, 3.05) is 6.61 Å². The van der Waals surface area contributed by atoms with Crippen molar-refractivity contribution < 1.29 is 14.3 Å². The van der Waals surface area contributed by atoms with Gasteiger partial charge in [-0.25, -0.2) is 9.59 Å². The number of ether oxygens (including phenoxy) is 1. The van der Waals surface area contributed by atoms with E-state index in [2.05, 4.69) is 10.6 Å². The van der Waals surface area contributed by atoms with Gasteiger partial charge in [0.2, 0.25) is 0 Å². The third kappa shape index (κ3) is 3.72. The predicted molar refractivity (Wildman–Crippen MR) is 80.3 cm³/mol. The summed E-state index contributed by atoms with van der Waals surface area (Å²) in [5, 5.41) is 5.30. The Morgan fingerprint density at radius 3 is 2.71 bits per heavy atom. The van der Waals surface area contributed by atoms with Crippen LogP contribution in [-0.2, 0) is 9.53 Å². The summed E-state index contributed by atoms with van der Waals surface area (Å²) < 4.78 is 5.05. The van der Waals surface area contributed by atoms with E-state index in [1.807, 2.05) is 36.4 Å². The first kappa shape index (κ1) is 14.8. The highest BCUT2D eigenvalue weighted by molar-refractivity contribution is 5.95. The van der Waals surface area contributed by atoms with Gasteiger partial charge in [0, 0.05) is 5.70 Å². The van der Waals surface area contributed by atoms with Crippen LogP contribution in [-0.4, -0.2) is 24.6 Å². The van der Waals surface area contributed by atoms with Gasteiger partial charge in [0.05, 0.1) is 18.2 Å². The monoisotopic (exact) mass is 286 g/mol. The van der Waals surface area contributed by atoms with Gasteiger partial charge in [0.15, 0.2) is 0 Å². The lowest BCUT2D eigenvalue weighted by atomic mass is 10.0. The minimum atomic E-state index is -0.502. The molecule has 2 rings (SSSR count). The van der Waals surface area contributed by atoms with Crippen LogP contribution in [0.2, 0.25) is 0 Å². The second-order valence-electron chi connectivity index (χ2n) is 4.61. The molecule has 21 heavy (non-hydrogen) atoms. The lowest BCUT2D eigenvalue weighted by Crippen LogP contribution is -2.49. The first-order valence-electron chi connectivity index (χ1n) is 6.80. The number of esters is 1. The number of hydrogen-bond donors (Lipinski definition) is 2. The second-order valence-corrected chi connectivity index (χ2v) is 4.61. The van der Waals surface area contributed by atoms with Crippen molar-refractivity contribution in [2.24, 2.45) is 0 Å². The molecular formula is C16H18N2O3. The maximum Gasteiger partial charge on any atom is 0.338 e. The van der Waals surface area contributed by atoms with Gasteiger partial charge < -0.3 is 15.4 Å². The molecule has 0 radical (unpaired) electrons. The number of urea groups is 1. The maximum absolute atomic E-state index is 12.0. The summed E-state index contributed by atoms with van der Waals surface area (Å²) >= 11 is 0. The van der Waals surface area contributed by atoms with E-state index in [9.17, 15) is 9.59 Å². The number of carbonyl (C=O) groups is 2. The van der Waals surface area contributed by atoms with Gasteiger partial charge >= 0.3 is 12.0 Å². The van der Waals surface area contributed by atoms with Crippen molar-refractivity contribution in [2.45, 2.75) is 19.9 Å². The van der Waals surface area contributed by atoms with E-state index >= 15 is 0 Å². The van der Waals surface area contributed by atoms with Crippen molar-refractivity contribution in [3.63, 3.8) is 0 Å². The molecule has 1 atom stereocenters. The normalized spacial score (nSPS) is 18.4. The van der Waals surface area contributed by atoms with Crippen LogP contribution in [0.5, 0.6) is 0 Å². The van der Waals surface area contributed by atoms with Crippen molar-refractivity contribution in [3.05, 3.63) is 53.2 Å². The topological polar surface area (TPSA) is 67.4 Å². The van der Waals surface area contributed by atoms with Crippen LogP contribution in [0.1, 0.15) is 19.4 Å². The minimum Gasteiger partial charge on any atom is -0.463 e. The van der Waals surface area contributed by atoms with Crippen molar-refractivity contribution in [1.29, 1.82) is 0 Å². The maximum atomic E-state index is 12.0. The van der Waals surface area contributed by atoms with Gasteiger partial charge in [0.25, 0.3) is 0 Å². The van der Waals surface area contributed by atoms with Gasteiger partial charge in [-0.15, -0.1) is 0 Å². The number of carbonyl (C=O) groups excluding carboxylic acids is 2. The molecule has 1 aromatic carbocycles. The Labute approximate surface area is 123 Å². The lowest BCUT2D eigenvalue weighted by Gasteiger charge is -2.25. The highest BCUT2D eigenvalue weighted by atomic mass is 16.5. The number of allylic oxidation sites excluding steroid dienone is 1. The zero-order valence-corrected chi connectivity index (χ0v) is 12.1. The van der Waals surface area contributed by atoms with Gasteiger partial charge in [-0.3, -0.25) is 0 Å². The number of rotatable bonds is 4. The average molecular weight is 286 g/mol. The van der Waals surface area contributed by atoms with Crippen molar-refractivity contribution >= 4 is 18.1 Å². The molecule has 0 unspecified atom stereocenters. The summed E-state index contributed by atoms with van der Waals surface area (Å²) in [4.78, 5) is 23.6. The molecule has 1 aromatic rings. The standard InChI is InChI=1S/C16H18N2O3/c1-3-21-15(19)14-11(2)17-16(20)18-13(14)10-9-12-7-5-4-6-8-12/h4-10,13H,3H2,1-2H3,(H2,17,18,20)/b10-9+/t13-/m0/s1. The van der Waals surface area contributed by atoms with Crippen molar-refractivity contribution in [3.8, 4) is 0 Å². The molecule has 0 spiro atoms. The smallest absolute Gasteiger partial charge is 0.338 e. The number of amides is 2. The zero-order chi connectivity index (χ0) is 15.2. The van der Waals surface area contributed by atoms with Crippen LogP contribution in [0.25, 0.3) is 6.08 Å². The van der Waals surface area contributed by atoms with Crippen LogP contribution in [0.4, 0.5) is 4.79 Å². The summed E-state index contributed by atoms with van der Waals surface area (Å²) in [6.07, 6.45) is 3.65. The van der Waals surface area contributed by atoms with Crippen LogP contribution >= 0.6 is 0 Å². The van der Waals surface area contributed by atoms with Gasteiger partial charge in [-0.05, 0) is 19.4 Å². The van der Waals surface area contributed by atoms with Gasteiger partial charge in [0.1, 0.15) is 0 Å². The SMILES string of the molecule is CCOC(=O)C1=C(C)NC(=O)N[C@H]1/C=C/c1ccccc1. The number of benzene rings is 1. The summed E-state index contributed by atoms with van der Waals surface area (Å²) in [5.41, 5.74) is 1.93. The third-order valence-corrected chi connectivity index (χ3v) is 3.08. The fraction of sp³-hybridized carbons (Fsp3) is 0.250. The molecule has 2 amide bonds. The third-order valence-electron chi connectivity index (χ3n) is 3.08. The molecule has 0 bridgehead atoms. The fourth-order valence-corrected chi connectivity index (χ4v) is 2.13. The van der Waals surface area contributed by atoms with E-state index in [0.717, 1.165) is 5.56 Å². The van der Waals surface area contributed by atoms with E-state index < -0.39 is 12.0 Å². The van der Waals surface area contributed by atoms with E-state index in [1.165, 1.54) is 0 Å². The molecule has 2 N–H and O–H groups in total. The predicted octanol–water partition coefficient (Wildman–Crippen LogP) is 2.22. The molecule has 5 heteroatoms. The van der Waals surface area contributed by atoms with Gasteiger partial charge in [-0.1, -0.05) is 42.5 Å². The first-order chi connectivity index (χ1) is 10.1. The summed E-state index contributed by atoms with van der Waals surface area (Å²) in [6.45, 7) is 3.73. The molecule has 0 fully saturated rings. The molecule has 0 aliphatic carbocycles. The van der Waals surface area contributed by atoms with E-state index in [1.54, 1.807) is 19.9 Å². The molecule has 0 aromatic heterocycles. The van der Waals surface area contributed by atoms with E-state index in [0.29, 0.717) is 17.9 Å². The minimum absolute atomic E-state index is 0.290. The summed E-state index contributed by atoms with van der Waals surface area (Å²) in [5.74, 6) is -0.426. The van der Waals surface area contributed by atoms with Crippen LogP contribution in [0.15, 0.2) is 47.7 Å².